The zero-order valence-corrected chi connectivity index (χ0v) is 17.0. The largest absolute Gasteiger partial charge is 0.371 e. The van der Waals surface area contributed by atoms with Crippen LogP contribution in [-0.4, -0.2) is 30.5 Å². The summed E-state index contributed by atoms with van der Waals surface area (Å²) in [6.07, 6.45) is 9.99. The molecular weight excluding hydrogens is 370 g/mol. The third kappa shape index (κ3) is 4.02. The number of benzene rings is 1. The summed E-state index contributed by atoms with van der Waals surface area (Å²) in [6, 6.07) is 12.0. The maximum Gasteiger partial charge on any atom is 0.230 e. The quantitative estimate of drug-likeness (QED) is 0.803. The maximum absolute atomic E-state index is 13.2. The van der Waals surface area contributed by atoms with Gasteiger partial charge in [0.2, 0.25) is 5.91 Å². The summed E-state index contributed by atoms with van der Waals surface area (Å²) >= 11 is 6.05. The molecular formula is C23H28ClN3O. The second-order valence-electron chi connectivity index (χ2n) is 8.14. The van der Waals surface area contributed by atoms with E-state index >= 15 is 0 Å². The first-order valence-electron chi connectivity index (χ1n) is 10.4. The first kappa shape index (κ1) is 19.3. The molecule has 148 valence electrons. The van der Waals surface area contributed by atoms with Crippen molar-refractivity contribution >= 4 is 23.2 Å². The number of rotatable bonds is 5. The average Bonchev–Trinajstić information content (AvgIpc) is 3.25. The van der Waals surface area contributed by atoms with E-state index in [2.05, 4.69) is 27.3 Å². The van der Waals surface area contributed by atoms with Crippen LogP contribution in [0.5, 0.6) is 0 Å². The van der Waals surface area contributed by atoms with Crippen molar-refractivity contribution in [2.24, 2.45) is 5.92 Å². The van der Waals surface area contributed by atoms with Crippen LogP contribution in [0, 0.1) is 5.92 Å². The monoisotopic (exact) mass is 397 g/mol. The van der Waals surface area contributed by atoms with Crippen LogP contribution in [0.3, 0.4) is 0 Å². The SMILES string of the molecule is O=C(NCC1CCN(c2ccncc2)CC1)C1(c2ccc(Cl)cc2)CCCC1. The van der Waals surface area contributed by atoms with Gasteiger partial charge in [-0.3, -0.25) is 9.78 Å². The number of nitrogens with zero attached hydrogens (tertiary/aromatic N) is 2. The minimum absolute atomic E-state index is 0.198. The van der Waals surface area contributed by atoms with E-state index in [1.54, 1.807) is 0 Å². The van der Waals surface area contributed by atoms with Gasteiger partial charge in [-0.05, 0) is 61.4 Å². The molecule has 4 rings (SSSR count). The van der Waals surface area contributed by atoms with Gasteiger partial charge in [0.15, 0.2) is 0 Å². The molecule has 28 heavy (non-hydrogen) atoms. The number of anilines is 1. The topological polar surface area (TPSA) is 45.2 Å². The Labute approximate surface area is 172 Å². The number of amides is 1. The molecule has 2 fully saturated rings. The minimum Gasteiger partial charge on any atom is -0.371 e. The normalized spacial score (nSPS) is 19.5. The van der Waals surface area contributed by atoms with E-state index in [-0.39, 0.29) is 11.3 Å². The lowest BCUT2D eigenvalue weighted by Crippen LogP contribution is -2.45. The number of carbonyl (C=O) groups excluding carboxylic acids is 1. The highest BCUT2D eigenvalue weighted by Crippen LogP contribution is 2.41. The molecule has 1 aromatic heterocycles. The van der Waals surface area contributed by atoms with Gasteiger partial charge in [0, 0.05) is 42.7 Å². The Hall–Kier alpha value is -2.07. The summed E-state index contributed by atoms with van der Waals surface area (Å²) in [4.78, 5) is 19.7. The van der Waals surface area contributed by atoms with Crippen LogP contribution in [-0.2, 0) is 10.2 Å². The maximum atomic E-state index is 13.2. The fourth-order valence-electron chi connectivity index (χ4n) is 4.75. The van der Waals surface area contributed by atoms with Crippen molar-refractivity contribution in [3.05, 3.63) is 59.4 Å². The van der Waals surface area contributed by atoms with Crippen LogP contribution in [0.4, 0.5) is 5.69 Å². The van der Waals surface area contributed by atoms with Gasteiger partial charge in [0.05, 0.1) is 5.41 Å². The Balaban J connectivity index is 1.34. The number of halogens is 1. The molecule has 1 saturated heterocycles. The Kier molecular flexibility index (Phi) is 5.86. The third-order valence-corrected chi connectivity index (χ3v) is 6.73. The minimum atomic E-state index is -0.373. The molecule has 1 aliphatic heterocycles. The zero-order valence-electron chi connectivity index (χ0n) is 16.2. The number of hydrogen-bond donors (Lipinski definition) is 1. The molecule has 1 N–H and O–H groups in total. The fourth-order valence-corrected chi connectivity index (χ4v) is 4.88. The Morgan fingerprint density at radius 2 is 1.71 bits per heavy atom. The Bertz CT molecular complexity index is 779. The smallest absolute Gasteiger partial charge is 0.230 e. The molecule has 2 aliphatic rings. The number of pyridine rings is 1. The van der Waals surface area contributed by atoms with Gasteiger partial charge in [0.25, 0.3) is 0 Å². The molecule has 4 nitrogen and oxygen atoms in total. The summed E-state index contributed by atoms with van der Waals surface area (Å²) < 4.78 is 0. The van der Waals surface area contributed by atoms with Crippen molar-refractivity contribution in [2.75, 3.05) is 24.5 Å². The van der Waals surface area contributed by atoms with Crippen LogP contribution < -0.4 is 10.2 Å². The van der Waals surface area contributed by atoms with Gasteiger partial charge in [-0.2, -0.15) is 0 Å². The van der Waals surface area contributed by atoms with Gasteiger partial charge in [0.1, 0.15) is 0 Å². The molecule has 2 heterocycles. The first-order chi connectivity index (χ1) is 13.7. The number of nitrogens with one attached hydrogen (secondary N) is 1. The molecule has 0 unspecified atom stereocenters. The molecule has 0 radical (unpaired) electrons. The summed E-state index contributed by atoms with van der Waals surface area (Å²) in [5.41, 5.74) is 1.98. The third-order valence-electron chi connectivity index (χ3n) is 6.48. The van der Waals surface area contributed by atoms with Gasteiger partial charge in [-0.15, -0.1) is 0 Å². The number of carbonyl (C=O) groups is 1. The molecule has 0 atom stereocenters. The van der Waals surface area contributed by atoms with E-state index in [1.807, 2.05) is 36.7 Å². The van der Waals surface area contributed by atoms with Crippen LogP contribution in [0.2, 0.25) is 5.02 Å². The lowest BCUT2D eigenvalue weighted by atomic mass is 9.78. The van der Waals surface area contributed by atoms with Crippen LogP contribution >= 0.6 is 11.6 Å². The summed E-state index contributed by atoms with van der Waals surface area (Å²) in [7, 11) is 0. The standard InChI is InChI=1S/C23H28ClN3O/c24-20-5-3-19(4-6-20)23(11-1-2-12-23)22(28)26-17-18-9-15-27(16-10-18)21-7-13-25-14-8-21/h3-8,13-14,18H,1-2,9-12,15-17H2,(H,26,28). The van der Waals surface area contributed by atoms with Gasteiger partial charge in [-0.1, -0.05) is 36.6 Å². The Morgan fingerprint density at radius 1 is 1.07 bits per heavy atom. The van der Waals surface area contributed by atoms with E-state index < -0.39 is 0 Å². The lowest BCUT2D eigenvalue weighted by Gasteiger charge is -2.34. The summed E-state index contributed by atoms with van der Waals surface area (Å²) in [5.74, 6) is 0.745. The second kappa shape index (κ2) is 8.52. The molecule has 1 aliphatic carbocycles. The summed E-state index contributed by atoms with van der Waals surface area (Å²) in [5, 5.41) is 4.02. The molecule has 1 aromatic carbocycles. The molecule has 5 heteroatoms. The van der Waals surface area contributed by atoms with E-state index in [9.17, 15) is 4.79 Å². The highest BCUT2D eigenvalue weighted by Gasteiger charge is 2.42. The highest BCUT2D eigenvalue weighted by atomic mass is 35.5. The van der Waals surface area contributed by atoms with Gasteiger partial charge < -0.3 is 10.2 Å². The second-order valence-corrected chi connectivity index (χ2v) is 8.58. The molecule has 2 aromatic rings. The van der Waals surface area contributed by atoms with Crippen LogP contribution in [0.25, 0.3) is 0 Å². The van der Waals surface area contributed by atoms with E-state index in [0.717, 1.165) is 68.7 Å². The molecule has 0 bridgehead atoms. The van der Waals surface area contributed by atoms with Crippen molar-refractivity contribution in [1.29, 1.82) is 0 Å². The fraction of sp³-hybridized carbons (Fsp3) is 0.478. The predicted molar refractivity (Wildman–Crippen MR) is 114 cm³/mol. The number of aromatic nitrogens is 1. The summed E-state index contributed by atoms with van der Waals surface area (Å²) in [6.45, 7) is 2.85. The van der Waals surface area contributed by atoms with Crippen LogP contribution in [0.1, 0.15) is 44.1 Å². The van der Waals surface area contributed by atoms with E-state index in [0.29, 0.717) is 5.92 Å². The van der Waals surface area contributed by atoms with Gasteiger partial charge in [-0.25, -0.2) is 0 Å². The van der Waals surface area contributed by atoms with Crippen molar-refractivity contribution in [1.82, 2.24) is 10.3 Å². The van der Waals surface area contributed by atoms with Crippen molar-refractivity contribution in [2.45, 2.75) is 43.9 Å². The lowest BCUT2D eigenvalue weighted by molar-refractivity contribution is -0.126. The Morgan fingerprint density at radius 3 is 2.36 bits per heavy atom. The molecule has 1 amide bonds. The molecule has 1 saturated carbocycles. The van der Waals surface area contributed by atoms with Crippen molar-refractivity contribution in [3.63, 3.8) is 0 Å². The van der Waals surface area contributed by atoms with Crippen molar-refractivity contribution < 1.29 is 4.79 Å². The van der Waals surface area contributed by atoms with Gasteiger partial charge >= 0.3 is 0 Å². The first-order valence-corrected chi connectivity index (χ1v) is 10.7. The van der Waals surface area contributed by atoms with E-state index in [1.165, 1.54) is 5.69 Å². The zero-order chi connectivity index (χ0) is 19.4. The van der Waals surface area contributed by atoms with Crippen LogP contribution in [0.15, 0.2) is 48.8 Å². The van der Waals surface area contributed by atoms with Crippen molar-refractivity contribution in [3.8, 4) is 0 Å². The van der Waals surface area contributed by atoms with E-state index in [4.69, 9.17) is 11.6 Å². The average molecular weight is 398 g/mol. The molecule has 0 spiro atoms. The number of hydrogen-bond acceptors (Lipinski definition) is 3. The highest BCUT2D eigenvalue weighted by molar-refractivity contribution is 6.30. The predicted octanol–water partition coefficient (Wildman–Crippen LogP) is 4.58. The number of piperidine rings is 1.